The predicted molar refractivity (Wildman–Crippen MR) is 185 cm³/mol. The quantitative estimate of drug-likeness (QED) is 0.202. The van der Waals surface area contributed by atoms with Crippen LogP contribution in [0.1, 0.15) is 76.4 Å². The first-order chi connectivity index (χ1) is 22.2. The lowest BCUT2D eigenvalue weighted by atomic mass is 9.75. The summed E-state index contributed by atoms with van der Waals surface area (Å²) in [7, 11) is 0. The molecule has 1 aliphatic carbocycles. The number of aliphatic imine (C=N–C) groups is 1. The van der Waals surface area contributed by atoms with Crippen molar-refractivity contribution in [2.24, 2.45) is 4.99 Å². The molecule has 0 spiro atoms. The normalized spacial score (nSPS) is 19.0. The van der Waals surface area contributed by atoms with Gasteiger partial charge in [0, 0.05) is 39.6 Å². The fourth-order valence-electron chi connectivity index (χ4n) is 8.20. The number of pyridine rings is 1. The Balaban J connectivity index is 1.15. The maximum atomic E-state index is 6.74. The van der Waals surface area contributed by atoms with Crippen LogP contribution in [-0.2, 0) is 16.6 Å². The summed E-state index contributed by atoms with van der Waals surface area (Å²) in [5.41, 5.74) is 13.2. The second-order valence-corrected chi connectivity index (χ2v) is 14.0. The van der Waals surface area contributed by atoms with Gasteiger partial charge in [0.05, 0.1) is 11.0 Å². The first-order valence-corrected chi connectivity index (χ1v) is 16.4. The van der Waals surface area contributed by atoms with Crippen molar-refractivity contribution >= 4 is 27.7 Å². The van der Waals surface area contributed by atoms with Crippen LogP contribution in [0.25, 0.3) is 27.6 Å². The van der Waals surface area contributed by atoms with E-state index in [1.807, 2.05) is 12.3 Å². The van der Waals surface area contributed by atoms with Gasteiger partial charge in [0.15, 0.2) is 0 Å². The van der Waals surface area contributed by atoms with Crippen molar-refractivity contribution < 1.29 is 9.47 Å². The molecule has 0 fully saturated rings. The van der Waals surface area contributed by atoms with Crippen molar-refractivity contribution in [2.45, 2.75) is 71.9 Å². The van der Waals surface area contributed by atoms with Crippen molar-refractivity contribution in [3.8, 4) is 17.3 Å². The summed E-state index contributed by atoms with van der Waals surface area (Å²) < 4.78 is 15.6. The van der Waals surface area contributed by atoms with Gasteiger partial charge in [-0.1, -0.05) is 49.7 Å². The van der Waals surface area contributed by atoms with Crippen molar-refractivity contribution in [3.05, 3.63) is 129 Å². The summed E-state index contributed by atoms with van der Waals surface area (Å²) >= 11 is 0. The molecule has 0 radical (unpaired) electrons. The van der Waals surface area contributed by atoms with Crippen molar-refractivity contribution in [1.29, 1.82) is 0 Å². The van der Waals surface area contributed by atoms with Crippen LogP contribution in [0.4, 0.5) is 0 Å². The van der Waals surface area contributed by atoms with E-state index in [1.54, 1.807) is 0 Å². The minimum Gasteiger partial charge on any atom is -0.471 e. The zero-order valence-corrected chi connectivity index (χ0v) is 27.2. The van der Waals surface area contributed by atoms with Crippen LogP contribution in [0.3, 0.4) is 0 Å². The molecular formula is C41H37N3O2. The van der Waals surface area contributed by atoms with Gasteiger partial charge in [-0.2, -0.15) is 0 Å². The van der Waals surface area contributed by atoms with E-state index in [4.69, 9.17) is 19.5 Å². The van der Waals surface area contributed by atoms with E-state index < -0.39 is 0 Å². The van der Waals surface area contributed by atoms with Gasteiger partial charge in [-0.3, -0.25) is 4.57 Å². The molecule has 4 heterocycles. The first-order valence-electron chi connectivity index (χ1n) is 16.4. The molecular weight excluding hydrogens is 566 g/mol. The number of aryl methyl sites for hydroxylation is 4. The smallest absolute Gasteiger partial charge is 0.217 e. The zero-order valence-electron chi connectivity index (χ0n) is 27.2. The summed E-state index contributed by atoms with van der Waals surface area (Å²) in [6, 6.07) is 26.3. The Morgan fingerprint density at radius 2 is 1.70 bits per heavy atom. The molecule has 0 unspecified atom stereocenters. The van der Waals surface area contributed by atoms with Crippen LogP contribution >= 0.6 is 0 Å². The Kier molecular flexibility index (Phi) is 5.69. The molecule has 0 saturated carbocycles. The maximum Gasteiger partial charge on any atom is 0.217 e. The fourth-order valence-corrected chi connectivity index (χ4v) is 8.20. The Labute approximate surface area is 269 Å². The van der Waals surface area contributed by atoms with Crippen LogP contribution in [0.2, 0.25) is 0 Å². The number of hydrogen-bond donors (Lipinski definition) is 0. The third-order valence-electron chi connectivity index (χ3n) is 10.5. The summed E-state index contributed by atoms with van der Waals surface area (Å²) in [4.78, 5) is 10.1. The monoisotopic (exact) mass is 603 g/mol. The molecule has 5 heteroatoms. The third kappa shape index (κ3) is 3.87. The van der Waals surface area contributed by atoms with Gasteiger partial charge in [-0.15, -0.1) is 0 Å². The average Bonchev–Trinajstić information content (AvgIpc) is 3.60. The lowest BCUT2D eigenvalue weighted by Gasteiger charge is -2.34. The lowest BCUT2D eigenvalue weighted by molar-refractivity contribution is 0.174. The third-order valence-corrected chi connectivity index (χ3v) is 10.5. The highest BCUT2D eigenvalue weighted by molar-refractivity contribution is 6.12. The van der Waals surface area contributed by atoms with Crippen LogP contribution in [0.15, 0.2) is 84.0 Å². The molecule has 2 aromatic heterocycles. The van der Waals surface area contributed by atoms with Crippen molar-refractivity contribution in [2.75, 3.05) is 0 Å². The molecule has 9 rings (SSSR count). The molecule has 6 aromatic rings. The van der Waals surface area contributed by atoms with Crippen LogP contribution in [0, 0.1) is 27.7 Å². The van der Waals surface area contributed by atoms with Crippen molar-refractivity contribution in [3.63, 3.8) is 0 Å². The highest BCUT2D eigenvalue weighted by atomic mass is 16.5. The molecule has 0 saturated heterocycles. The van der Waals surface area contributed by atoms with E-state index in [-0.39, 0.29) is 17.6 Å². The molecule has 5 nitrogen and oxygen atoms in total. The summed E-state index contributed by atoms with van der Waals surface area (Å²) in [5.74, 6) is 3.31. The van der Waals surface area contributed by atoms with Gasteiger partial charge < -0.3 is 9.47 Å². The first kappa shape index (κ1) is 27.4. The molecule has 2 aliphatic heterocycles. The number of hydrogen-bond acceptors (Lipinski definition) is 4. The van der Waals surface area contributed by atoms with Crippen LogP contribution < -0.4 is 4.74 Å². The molecule has 228 valence electrons. The Hall–Kier alpha value is -4.90. The van der Waals surface area contributed by atoms with E-state index in [0.29, 0.717) is 5.90 Å². The SMILES string of the molecule is Cc1cc(Oc2cc3c(cc2C)c2cc(C)cc4c2n3-c2ncccc2C4(C)C)cc(C2=N[C@@H]3c4cccc(C)c4CC[C@@H]3O2)c1. The predicted octanol–water partition coefficient (Wildman–Crippen LogP) is 9.68. The van der Waals surface area contributed by atoms with E-state index >= 15 is 0 Å². The molecule has 0 bridgehead atoms. The zero-order chi connectivity index (χ0) is 31.5. The van der Waals surface area contributed by atoms with Gasteiger partial charge in [-0.25, -0.2) is 9.98 Å². The lowest BCUT2D eigenvalue weighted by Crippen LogP contribution is -2.27. The number of benzene rings is 4. The molecule has 2 atom stereocenters. The van der Waals surface area contributed by atoms with Crippen LogP contribution in [-0.4, -0.2) is 21.6 Å². The van der Waals surface area contributed by atoms with E-state index in [9.17, 15) is 0 Å². The minimum atomic E-state index is -0.159. The van der Waals surface area contributed by atoms with E-state index in [0.717, 1.165) is 52.4 Å². The van der Waals surface area contributed by atoms with E-state index in [2.05, 4.69) is 113 Å². The van der Waals surface area contributed by atoms with Gasteiger partial charge in [0.2, 0.25) is 5.90 Å². The average molecular weight is 604 g/mol. The van der Waals surface area contributed by atoms with E-state index in [1.165, 1.54) is 49.7 Å². The Morgan fingerprint density at radius 1 is 0.848 bits per heavy atom. The topological polar surface area (TPSA) is 48.6 Å². The number of ether oxygens (including phenoxy) is 2. The molecule has 0 N–H and O–H groups in total. The Bertz CT molecular complexity index is 2310. The summed E-state index contributed by atoms with van der Waals surface area (Å²) in [5, 5.41) is 2.48. The number of fused-ring (bicyclic) bond motifs is 8. The fraction of sp³-hybridized carbons (Fsp3) is 0.268. The number of aromatic nitrogens is 2. The molecule has 46 heavy (non-hydrogen) atoms. The second kappa shape index (κ2) is 9.56. The summed E-state index contributed by atoms with van der Waals surface area (Å²) in [6.07, 6.45) is 3.99. The van der Waals surface area contributed by atoms with Gasteiger partial charge >= 0.3 is 0 Å². The van der Waals surface area contributed by atoms with Gasteiger partial charge in [0.25, 0.3) is 0 Å². The highest BCUT2D eigenvalue weighted by Crippen LogP contribution is 2.48. The van der Waals surface area contributed by atoms with Crippen LogP contribution in [0.5, 0.6) is 11.5 Å². The second-order valence-electron chi connectivity index (χ2n) is 14.0. The number of rotatable bonds is 3. The maximum absolute atomic E-state index is 6.74. The minimum absolute atomic E-state index is 0.0450. The standard InChI is InChI=1S/C41H37N3O2/c1-22-15-26(40-43-37-29-10-7-9-24(3)28(29)12-13-35(37)46-40)20-27(16-22)45-36-21-34-30(19-25(36)4)31-17-23(2)18-33-38(31)44(34)39-32(41(33,5)6)11-8-14-42-39/h7-11,14-21,35,37H,12-13H2,1-6H3/t35-,37+/m0/s1. The summed E-state index contributed by atoms with van der Waals surface area (Å²) in [6.45, 7) is 13.3. The number of nitrogens with zero attached hydrogens (tertiary/aromatic N) is 3. The van der Waals surface area contributed by atoms with Crippen molar-refractivity contribution in [1.82, 2.24) is 9.55 Å². The molecule has 0 amide bonds. The highest BCUT2D eigenvalue weighted by Gasteiger charge is 2.38. The van der Waals surface area contributed by atoms with Gasteiger partial charge in [0.1, 0.15) is 29.5 Å². The van der Waals surface area contributed by atoms with Gasteiger partial charge in [-0.05, 0) is 110 Å². The largest absolute Gasteiger partial charge is 0.471 e. The Morgan fingerprint density at radius 3 is 2.57 bits per heavy atom. The molecule has 4 aromatic carbocycles. The molecule has 3 aliphatic rings.